The van der Waals surface area contributed by atoms with E-state index in [-0.39, 0.29) is 0 Å². The monoisotopic (exact) mass is 271 g/mol. The number of aryl methyl sites for hydroxylation is 1. The summed E-state index contributed by atoms with van der Waals surface area (Å²) in [6.07, 6.45) is 6.60. The van der Waals surface area contributed by atoms with Crippen LogP contribution in [-0.4, -0.2) is 6.54 Å². The lowest BCUT2D eigenvalue weighted by molar-refractivity contribution is 0.709. The summed E-state index contributed by atoms with van der Waals surface area (Å²) in [6.45, 7) is 6.59. The molecule has 17 heavy (non-hydrogen) atoms. The molecule has 0 aliphatic rings. The first kappa shape index (κ1) is 14.4. The molecule has 0 atom stereocenters. The number of nitrogens with one attached hydrogen (secondary N) is 1. The molecule has 0 aliphatic carbocycles. The van der Waals surface area contributed by atoms with Gasteiger partial charge >= 0.3 is 0 Å². The number of anilines is 1. The van der Waals surface area contributed by atoms with E-state index in [0.29, 0.717) is 0 Å². The molecule has 0 saturated heterocycles. The summed E-state index contributed by atoms with van der Waals surface area (Å²) in [6, 6.07) is 3.78. The fourth-order valence-electron chi connectivity index (χ4n) is 1.60. The second kappa shape index (κ2) is 7.62. The second-order valence-corrected chi connectivity index (χ2v) is 4.96. The average molecular weight is 272 g/mol. The van der Waals surface area contributed by atoms with Crippen LogP contribution in [0.3, 0.4) is 0 Å². The largest absolute Gasteiger partial charge is 0.384 e. The van der Waals surface area contributed by atoms with E-state index in [1.54, 1.807) is 0 Å². The zero-order valence-corrected chi connectivity index (χ0v) is 11.7. The Morgan fingerprint density at radius 1 is 1.18 bits per heavy atom. The second-order valence-electron chi connectivity index (χ2n) is 4.15. The molecule has 0 radical (unpaired) electrons. The summed E-state index contributed by atoms with van der Waals surface area (Å²) in [5.41, 5.74) is 1.93. The fourth-order valence-corrected chi connectivity index (χ4v) is 2.04. The van der Waals surface area contributed by atoms with Crippen LogP contribution in [-0.2, 0) is 0 Å². The minimum absolute atomic E-state index is 0.734. The van der Waals surface area contributed by atoms with Gasteiger partial charge in [0.2, 0.25) is 0 Å². The molecule has 1 nitrogen and oxygen atoms in total. The number of rotatable bonds is 7. The number of unbranched alkanes of at least 4 members (excludes halogenated alkanes) is 3. The molecule has 1 aromatic rings. The Morgan fingerprint density at radius 2 is 1.94 bits per heavy atom. The first-order chi connectivity index (χ1) is 8.15. The molecule has 0 bridgehead atoms. The molecule has 1 aromatic carbocycles. The normalized spacial score (nSPS) is 10.3. The maximum absolute atomic E-state index is 6.13. The predicted molar refractivity (Wildman–Crippen MR) is 78.4 cm³/mol. The van der Waals surface area contributed by atoms with Gasteiger partial charge in [0.25, 0.3) is 0 Å². The highest BCUT2D eigenvalue weighted by atomic mass is 35.5. The Hall–Kier alpha value is -0.660. The van der Waals surface area contributed by atoms with Crippen molar-refractivity contribution in [1.82, 2.24) is 0 Å². The van der Waals surface area contributed by atoms with E-state index in [9.17, 15) is 0 Å². The number of halogens is 2. The van der Waals surface area contributed by atoms with Gasteiger partial charge in [-0.05, 0) is 43.9 Å². The van der Waals surface area contributed by atoms with Crippen LogP contribution in [0.1, 0.15) is 31.2 Å². The Kier molecular flexibility index (Phi) is 6.46. The van der Waals surface area contributed by atoms with Crippen molar-refractivity contribution in [1.29, 1.82) is 0 Å². The van der Waals surface area contributed by atoms with Crippen molar-refractivity contribution in [2.75, 3.05) is 11.9 Å². The highest BCUT2D eigenvalue weighted by Gasteiger charge is 2.03. The highest BCUT2D eigenvalue weighted by Crippen LogP contribution is 2.28. The van der Waals surface area contributed by atoms with E-state index >= 15 is 0 Å². The van der Waals surface area contributed by atoms with Crippen LogP contribution in [0, 0.1) is 6.92 Å². The van der Waals surface area contributed by atoms with Crippen molar-refractivity contribution >= 4 is 28.9 Å². The Bertz CT molecular complexity index is 375. The van der Waals surface area contributed by atoms with Gasteiger partial charge in [0, 0.05) is 11.6 Å². The molecule has 0 spiro atoms. The predicted octanol–water partition coefficient (Wildman–Crippen LogP) is 5.46. The van der Waals surface area contributed by atoms with Crippen molar-refractivity contribution in [2.24, 2.45) is 0 Å². The molecule has 0 aliphatic heterocycles. The maximum atomic E-state index is 6.13. The average Bonchev–Trinajstić information content (AvgIpc) is 2.30. The lowest BCUT2D eigenvalue weighted by atomic mass is 10.2. The Morgan fingerprint density at radius 3 is 2.65 bits per heavy atom. The van der Waals surface area contributed by atoms with Crippen molar-refractivity contribution in [2.45, 2.75) is 32.6 Å². The molecule has 94 valence electrons. The van der Waals surface area contributed by atoms with Gasteiger partial charge in [-0.15, -0.1) is 6.58 Å². The van der Waals surface area contributed by atoms with Gasteiger partial charge in [-0.25, -0.2) is 0 Å². The van der Waals surface area contributed by atoms with Gasteiger partial charge < -0.3 is 5.32 Å². The Labute approximate surface area is 114 Å². The lowest BCUT2D eigenvalue weighted by Gasteiger charge is -2.10. The molecule has 1 rings (SSSR count). The molecular formula is C14H19Cl2N. The molecule has 0 amide bonds. The van der Waals surface area contributed by atoms with Gasteiger partial charge in [0.15, 0.2) is 0 Å². The molecule has 0 saturated carbocycles. The van der Waals surface area contributed by atoms with Crippen LogP contribution in [0.4, 0.5) is 5.69 Å². The van der Waals surface area contributed by atoms with Crippen LogP contribution in [0.15, 0.2) is 24.8 Å². The van der Waals surface area contributed by atoms with E-state index in [1.807, 2.05) is 25.1 Å². The maximum Gasteiger partial charge on any atom is 0.0641 e. The van der Waals surface area contributed by atoms with E-state index in [2.05, 4.69) is 11.9 Å². The van der Waals surface area contributed by atoms with E-state index < -0.39 is 0 Å². The third-order valence-electron chi connectivity index (χ3n) is 2.65. The van der Waals surface area contributed by atoms with E-state index in [0.717, 1.165) is 40.7 Å². The highest BCUT2D eigenvalue weighted by molar-refractivity contribution is 6.35. The molecule has 0 heterocycles. The molecule has 3 heteroatoms. The first-order valence-corrected chi connectivity index (χ1v) is 6.71. The standard InChI is InChI=1S/C14H19Cl2N/c1-3-4-5-6-7-8-17-14-10-12(15)11(2)9-13(14)16/h3,9-10,17H,1,4-8H2,2H3. The van der Waals surface area contributed by atoms with Crippen LogP contribution < -0.4 is 5.32 Å². The third kappa shape index (κ3) is 5.01. The summed E-state index contributed by atoms with van der Waals surface area (Å²) in [5.74, 6) is 0. The number of allylic oxidation sites excluding steroid dienone is 1. The summed E-state index contributed by atoms with van der Waals surface area (Å²) in [5, 5.41) is 4.80. The quantitative estimate of drug-likeness (QED) is 0.513. The molecule has 0 fully saturated rings. The minimum atomic E-state index is 0.734. The molecular weight excluding hydrogens is 253 g/mol. The SMILES string of the molecule is C=CCCCCCNc1cc(Cl)c(C)cc1Cl. The van der Waals surface area contributed by atoms with Crippen molar-refractivity contribution < 1.29 is 0 Å². The summed E-state index contributed by atoms with van der Waals surface area (Å²) < 4.78 is 0. The number of hydrogen-bond donors (Lipinski definition) is 1. The van der Waals surface area contributed by atoms with E-state index in [1.165, 1.54) is 12.8 Å². The van der Waals surface area contributed by atoms with Crippen molar-refractivity contribution in [3.8, 4) is 0 Å². The zero-order chi connectivity index (χ0) is 12.7. The molecule has 1 N–H and O–H groups in total. The van der Waals surface area contributed by atoms with Crippen LogP contribution in [0.5, 0.6) is 0 Å². The fraction of sp³-hybridized carbons (Fsp3) is 0.429. The topological polar surface area (TPSA) is 12.0 Å². The van der Waals surface area contributed by atoms with E-state index in [4.69, 9.17) is 23.2 Å². The summed E-state index contributed by atoms with van der Waals surface area (Å²) in [7, 11) is 0. The first-order valence-electron chi connectivity index (χ1n) is 5.95. The van der Waals surface area contributed by atoms with Crippen LogP contribution in [0.25, 0.3) is 0 Å². The number of hydrogen-bond acceptors (Lipinski definition) is 1. The number of benzene rings is 1. The van der Waals surface area contributed by atoms with Crippen molar-refractivity contribution in [3.05, 3.63) is 40.4 Å². The lowest BCUT2D eigenvalue weighted by Crippen LogP contribution is -2.02. The van der Waals surface area contributed by atoms with Gasteiger partial charge in [0.1, 0.15) is 0 Å². The smallest absolute Gasteiger partial charge is 0.0641 e. The Balaban J connectivity index is 2.36. The molecule has 0 aromatic heterocycles. The summed E-state index contributed by atoms with van der Waals surface area (Å²) >= 11 is 12.2. The van der Waals surface area contributed by atoms with Gasteiger partial charge in [-0.2, -0.15) is 0 Å². The zero-order valence-electron chi connectivity index (χ0n) is 10.2. The van der Waals surface area contributed by atoms with Gasteiger partial charge in [0.05, 0.1) is 10.7 Å². The summed E-state index contributed by atoms with van der Waals surface area (Å²) in [4.78, 5) is 0. The van der Waals surface area contributed by atoms with Crippen LogP contribution in [0.2, 0.25) is 10.0 Å². The minimum Gasteiger partial charge on any atom is -0.384 e. The molecule has 0 unspecified atom stereocenters. The van der Waals surface area contributed by atoms with Gasteiger partial charge in [-0.3, -0.25) is 0 Å². The third-order valence-corrected chi connectivity index (χ3v) is 3.37. The van der Waals surface area contributed by atoms with Gasteiger partial charge in [-0.1, -0.05) is 35.7 Å². The van der Waals surface area contributed by atoms with Crippen LogP contribution >= 0.6 is 23.2 Å². The van der Waals surface area contributed by atoms with Crippen molar-refractivity contribution in [3.63, 3.8) is 0 Å².